The third kappa shape index (κ3) is 3.13. The number of rotatable bonds is 5. The lowest BCUT2D eigenvalue weighted by atomic mass is 9.96. The van der Waals surface area contributed by atoms with E-state index in [1.165, 1.54) is 11.8 Å². The molecule has 1 aliphatic heterocycles. The number of ketones is 1. The highest BCUT2D eigenvalue weighted by Crippen LogP contribution is 2.39. The molecule has 1 N–H and O–H groups in total. The molecular weight excluding hydrogens is 318 g/mol. The molecule has 0 aliphatic carbocycles. The number of carbonyl (C=O) groups is 2. The van der Waals surface area contributed by atoms with E-state index in [0.29, 0.717) is 12.3 Å². The van der Waals surface area contributed by atoms with Gasteiger partial charge in [0.1, 0.15) is 5.75 Å². The SMILES string of the molecule is COc1ccc([C@H]2C(C(C)=O)=C(O)C(=O)N2Cc2ccccc2)cc1. The van der Waals surface area contributed by atoms with Crippen LogP contribution in [0.15, 0.2) is 65.9 Å². The minimum atomic E-state index is -0.615. The summed E-state index contributed by atoms with van der Waals surface area (Å²) in [5.41, 5.74) is 1.80. The minimum absolute atomic E-state index is 0.131. The first-order valence-electron chi connectivity index (χ1n) is 7.96. The molecular formula is C20H19NO4. The molecule has 1 amide bonds. The topological polar surface area (TPSA) is 66.8 Å². The van der Waals surface area contributed by atoms with Gasteiger partial charge in [0.2, 0.25) is 0 Å². The summed E-state index contributed by atoms with van der Waals surface area (Å²) in [5.74, 6) is -0.637. The van der Waals surface area contributed by atoms with Crippen molar-refractivity contribution in [2.45, 2.75) is 19.5 Å². The molecule has 2 aromatic carbocycles. The Labute approximate surface area is 146 Å². The van der Waals surface area contributed by atoms with Gasteiger partial charge in [0.15, 0.2) is 11.5 Å². The molecule has 0 aromatic heterocycles. The van der Waals surface area contributed by atoms with E-state index in [2.05, 4.69) is 0 Å². The van der Waals surface area contributed by atoms with Gasteiger partial charge in [-0.1, -0.05) is 42.5 Å². The third-order valence-electron chi connectivity index (χ3n) is 4.31. The lowest BCUT2D eigenvalue weighted by Gasteiger charge is -2.26. The molecule has 0 saturated carbocycles. The summed E-state index contributed by atoms with van der Waals surface area (Å²) in [5, 5.41) is 10.3. The normalized spacial score (nSPS) is 17.1. The second kappa shape index (κ2) is 6.81. The molecule has 0 radical (unpaired) electrons. The van der Waals surface area contributed by atoms with Crippen LogP contribution in [-0.2, 0) is 16.1 Å². The molecule has 3 rings (SSSR count). The fourth-order valence-electron chi connectivity index (χ4n) is 3.09. The number of methoxy groups -OCH3 is 1. The monoisotopic (exact) mass is 337 g/mol. The Balaban J connectivity index is 2.03. The van der Waals surface area contributed by atoms with Crippen LogP contribution in [0.1, 0.15) is 24.1 Å². The number of ether oxygens (including phenoxy) is 1. The van der Waals surface area contributed by atoms with Crippen LogP contribution >= 0.6 is 0 Å². The maximum atomic E-state index is 12.6. The average molecular weight is 337 g/mol. The number of hydrogen-bond acceptors (Lipinski definition) is 4. The molecule has 0 bridgehead atoms. The van der Waals surface area contributed by atoms with E-state index in [-0.39, 0.29) is 11.4 Å². The molecule has 0 saturated heterocycles. The standard InChI is InChI=1S/C20H19NO4/c1-13(22)17-18(15-8-10-16(25-2)11-9-15)21(20(24)19(17)23)12-14-6-4-3-5-7-14/h3-11,18,23H,12H2,1-2H3/t18-/m0/s1. The van der Waals surface area contributed by atoms with Gasteiger partial charge in [-0.25, -0.2) is 0 Å². The van der Waals surface area contributed by atoms with E-state index < -0.39 is 17.7 Å². The van der Waals surface area contributed by atoms with Crippen LogP contribution in [0.3, 0.4) is 0 Å². The Bertz CT molecular complexity index is 825. The van der Waals surface area contributed by atoms with E-state index in [0.717, 1.165) is 11.1 Å². The number of benzene rings is 2. The number of amides is 1. The highest BCUT2D eigenvalue weighted by atomic mass is 16.5. The van der Waals surface area contributed by atoms with Crippen LogP contribution < -0.4 is 4.74 Å². The van der Waals surface area contributed by atoms with E-state index in [1.54, 1.807) is 31.4 Å². The number of carbonyl (C=O) groups excluding carboxylic acids is 2. The zero-order valence-electron chi connectivity index (χ0n) is 14.1. The maximum Gasteiger partial charge on any atom is 0.290 e. The maximum absolute atomic E-state index is 12.6. The van der Waals surface area contributed by atoms with Crippen LogP contribution in [0.4, 0.5) is 0 Å². The van der Waals surface area contributed by atoms with Crippen LogP contribution in [0.25, 0.3) is 0 Å². The summed E-state index contributed by atoms with van der Waals surface area (Å²) < 4.78 is 5.16. The van der Waals surface area contributed by atoms with Gasteiger partial charge in [0.05, 0.1) is 18.7 Å². The molecule has 128 valence electrons. The number of Topliss-reactive ketones (excluding diaryl/α,β-unsaturated/α-hetero) is 1. The van der Waals surface area contributed by atoms with Crippen LogP contribution in [-0.4, -0.2) is 28.8 Å². The zero-order chi connectivity index (χ0) is 18.0. The molecule has 5 heteroatoms. The molecule has 2 aromatic rings. The Hall–Kier alpha value is -3.08. The van der Waals surface area contributed by atoms with Gasteiger partial charge < -0.3 is 14.7 Å². The predicted molar refractivity (Wildman–Crippen MR) is 93.1 cm³/mol. The van der Waals surface area contributed by atoms with Gasteiger partial charge in [-0.15, -0.1) is 0 Å². The highest BCUT2D eigenvalue weighted by Gasteiger charge is 2.42. The van der Waals surface area contributed by atoms with Crippen molar-refractivity contribution in [3.05, 3.63) is 77.1 Å². The summed E-state index contributed by atoms with van der Waals surface area (Å²) in [6, 6.07) is 16.0. The summed E-state index contributed by atoms with van der Waals surface area (Å²) >= 11 is 0. The first-order chi connectivity index (χ1) is 12.0. The zero-order valence-corrected chi connectivity index (χ0v) is 14.1. The van der Waals surface area contributed by atoms with Crippen LogP contribution in [0.5, 0.6) is 5.75 Å². The molecule has 1 heterocycles. The highest BCUT2D eigenvalue weighted by molar-refractivity contribution is 6.08. The van der Waals surface area contributed by atoms with Gasteiger partial charge in [0, 0.05) is 6.54 Å². The minimum Gasteiger partial charge on any atom is -0.503 e. The smallest absolute Gasteiger partial charge is 0.290 e. The van der Waals surface area contributed by atoms with E-state index in [1.807, 2.05) is 30.3 Å². The van der Waals surface area contributed by atoms with Crippen molar-refractivity contribution < 1.29 is 19.4 Å². The van der Waals surface area contributed by atoms with Crippen molar-refractivity contribution in [2.75, 3.05) is 7.11 Å². The van der Waals surface area contributed by atoms with Crippen LogP contribution in [0, 0.1) is 0 Å². The molecule has 1 atom stereocenters. The Morgan fingerprint density at radius 2 is 1.76 bits per heavy atom. The molecule has 0 spiro atoms. The van der Waals surface area contributed by atoms with E-state index in [4.69, 9.17) is 4.74 Å². The largest absolute Gasteiger partial charge is 0.503 e. The van der Waals surface area contributed by atoms with Crippen molar-refractivity contribution >= 4 is 11.7 Å². The van der Waals surface area contributed by atoms with Crippen molar-refractivity contribution in [3.63, 3.8) is 0 Å². The lowest BCUT2D eigenvalue weighted by Crippen LogP contribution is -2.30. The number of nitrogens with zero attached hydrogens (tertiary/aromatic N) is 1. The predicted octanol–water partition coefficient (Wildman–Crippen LogP) is 3.18. The Kier molecular flexibility index (Phi) is 4.57. The molecule has 0 unspecified atom stereocenters. The van der Waals surface area contributed by atoms with Gasteiger partial charge in [-0.2, -0.15) is 0 Å². The quantitative estimate of drug-likeness (QED) is 0.910. The van der Waals surface area contributed by atoms with E-state index in [9.17, 15) is 14.7 Å². The van der Waals surface area contributed by atoms with Crippen molar-refractivity contribution in [1.29, 1.82) is 0 Å². The van der Waals surface area contributed by atoms with Gasteiger partial charge in [-0.05, 0) is 30.2 Å². The summed E-state index contributed by atoms with van der Waals surface area (Å²) in [6.07, 6.45) is 0. The summed E-state index contributed by atoms with van der Waals surface area (Å²) in [6.45, 7) is 1.67. The average Bonchev–Trinajstić information content (AvgIpc) is 2.88. The number of aliphatic hydroxyl groups excluding tert-OH is 1. The number of hydrogen-bond donors (Lipinski definition) is 1. The second-order valence-electron chi connectivity index (χ2n) is 5.91. The van der Waals surface area contributed by atoms with Gasteiger partial charge in [-0.3, -0.25) is 9.59 Å². The van der Waals surface area contributed by atoms with E-state index >= 15 is 0 Å². The molecule has 1 aliphatic rings. The fourth-order valence-corrected chi connectivity index (χ4v) is 3.09. The lowest BCUT2D eigenvalue weighted by molar-refractivity contribution is -0.130. The van der Waals surface area contributed by atoms with Gasteiger partial charge in [0.25, 0.3) is 5.91 Å². The fraction of sp³-hybridized carbons (Fsp3) is 0.200. The number of aliphatic hydroxyl groups is 1. The van der Waals surface area contributed by atoms with Crippen molar-refractivity contribution in [1.82, 2.24) is 4.90 Å². The molecule has 5 nitrogen and oxygen atoms in total. The van der Waals surface area contributed by atoms with Crippen molar-refractivity contribution in [3.8, 4) is 5.75 Å². The molecule has 0 fully saturated rings. The first kappa shape index (κ1) is 16.8. The Morgan fingerprint density at radius 1 is 1.12 bits per heavy atom. The summed E-state index contributed by atoms with van der Waals surface area (Å²) in [7, 11) is 1.57. The van der Waals surface area contributed by atoms with Gasteiger partial charge >= 0.3 is 0 Å². The van der Waals surface area contributed by atoms with Crippen LogP contribution in [0.2, 0.25) is 0 Å². The van der Waals surface area contributed by atoms with Crippen molar-refractivity contribution in [2.24, 2.45) is 0 Å². The first-order valence-corrected chi connectivity index (χ1v) is 7.96. The Morgan fingerprint density at radius 3 is 2.32 bits per heavy atom. The second-order valence-corrected chi connectivity index (χ2v) is 5.91. The third-order valence-corrected chi connectivity index (χ3v) is 4.31. The summed E-state index contributed by atoms with van der Waals surface area (Å²) in [4.78, 5) is 26.2. The molecule has 25 heavy (non-hydrogen) atoms.